The summed E-state index contributed by atoms with van der Waals surface area (Å²) in [5, 5.41) is 7.51. The fourth-order valence-electron chi connectivity index (χ4n) is 2.72. The zero-order valence-corrected chi connectivity index (χ0v) is 17.2. The van der Waals surface area contributed by atoms with Crippen molar-refractivity contribution in [2.24, 2.45) is 0 Å². The molecule has 7 heteroatoms. The van der Waals surface area contributed by atoms with Crippen LogP contribution in [0.2, 0.25) is 0 Å². The standard InChI is InChI=1S/C20H29N3O3S/c1-4-23(5-2)10-6-9-21-19(24)16-8-7-15(3)17(13-16)22-20(25)18-14-27-12-11-26-18/h7-8,13-14H,4-6,9-12H2,1-3H3,(H,21,24)(H,22,25). The van der Waals surface area contributed by atoms with Gasteiger partial charge in [0.2, 0.25) is 0 Å². The van der Waals surface area contributed by atoms with Crippen molar-refractivity contribution < 1.29 is 14.3 Å². The molecule has 0 fully saturated rings. The van der Waals surface area contributed by atoms with E-state index in [-0.39, 0.29) is 11.8 Å². The quantitative estimate of drug-likeness (QED) is 0.633. The second kappa shape index (κ2) is 11.0. The third-order valence-corrected chi connectivity index (χ3v) is 5.24. The molecule has 6 nitrogen and oxygen atoms in total. The summed E-state index contributed by atoms with van der Waals surface area (Å²) in [6, 6.07) is 5.33. The Hall–Kier alpha value is -1.99. The van der Waals surface area contributed by atoms with Gasteiger partial charge in [-0.3, -0.25) is 9.59 Å². The molecule has 0 aliphatic carbocycles. The summed E-state index contributed by atoms with van der Waals surface area (Å²) in [7, 11) is 0. The molecule has 27 heavy (non-hydrogen) atoms. The van der Waals surface area contributed by atoms with E-state index < -0.39 is 0 Å². The maximum absolute atomic E-state index is 12.4. The number of rotatable bonds is 9. The molecule has 1 aromatic carbocycles. The van der Waals surface area contributed by atoms with Crippen molar-refractivity contribution in [1.82, 2.24) is 10.2 Å². The first-order valence-corrected chi connectivity index (χ1v) is 10.5. The molecule has 0 spiro atoms. The number of amides is 2. The molecular weight excluding hydrogens is 362 g/mol. The Labute approximate surface area is 165 Å². The van der Waals surface area contributed by atoms with E-state index in [0.29, 0.717) is 30.2 Å². The highest BCUT2D eigenvalue weighted by Crippen LogP contribution is 2.20. The highest BCUT2D eigenvalue weighted by Gasteiger charge is 2.16. The molecule has 1 aliphatic heterocycles. The molecule has 2 rings (SSSR count). The molecule has 1 aromatic rings. The third-order valence-electron chi connectivity index (χ3n) is 4.45. The van der Waals surface area contributed by atoms with Crippen LogP contribution in [0.25, 0.3) is 0 Å². The lowest BCUT2D eigenvalue weighted by atomic mass is 10.1. The highest BCUT2D eigenvalue weighted by atomic mass is 32.2. The Morgan fingerprint density at radius 3 is 2.67 bits per heavy atom. The van der Waals surface area contributed by atoms with Gasteiger partial charge < -0.3 is 20.3 Å². The van der Waals surface area contributed by atoms with E-state index >= 15 is 0 Å². The molecule has 0 bridgehead atoms. The van der Waals surface area contributed by atoms with E-state index in [1.807, 2.05) is 13.0 Å². The molecule has 0 unspecified atom stereocenters. The monoisotopic (exact) mass is 391 g/mol. The minimum Gasteiger partial charge on any atom is -0.487 e. The molecule has 1 heterocycles. The molecule has 2 amide bonds. The van der Waals surface area contributed by atoms with Gasteiger partial charge in [-0.1, -0.05) is 19.9 Å². The van der Waals surface area contributed by atoms with E-state index in [1.54, 1.807) is 29.3 Å². The number of nitrogens with one attached hydrogen (secondary N) is 2. The van der Waals surface area contributed by atoms with Crippen molar-refractivity contribution in [1.29, 1.82) is 0 Å². The van der Waals surface area contributed by atoms with Crippen LogP contribution in [0.15, 0.2) is 29.4 Å². The lowest BCUT2D eigenvalue weighted by Crippen LogP contribution is -2.30. The van der Waals surface area contributed by atoms with Gasteiger partial charge in [0, 0.05) is 29.0 Å². The lowest BCUT2D eigenvalue weighted by molar-refractivity contribution is -0.116. The summed E-state index contributed by atoms with van der Waals surface area (Å²) in [5.41, 5.74) is 2.05. The van der Waals surface area contributed by atoms with Gasteiger partial charge in [-0.2, -0.15) is 0 Å². The summed E-state index contributed by atoms with van der Waals surface area (Å²) in [6.45, 7) is 10.3. The van der Waals surface area contributed by atoms with Crippen LogP contribution in [0.5, 0.6) is 0 Å². The summed E-state index contributed by atoms with van der Waals surface area (Å²) in [5.74, 6) is 0.743. The predicted octanol–water partition coefficient (Wildman–Crippen LogP) is 3.00. The summed E-state index contributed by atoms with van der Waals surface area (Å²) in [4.78, 5) is 27.0. The number of carbonyl (C=O) groups is 2. The molecule has 0 saturated heterocycles. The number of thioether (sulfide) groups is 1. The van der Waals surface area contributed by atoms with Gasteiger partial charge in [-0.25, -0.2) is 0 Å². The largest absolute Gasteiger partial charge is 0.487 e. The van der Waals surface area contributed by atoms with E-state index in [9.17, 15) is 9.59 Å². The third kappa shape index (κ3) is 6.59. The van der Waals surface area contributed by atoms with Crippen LogP contribution >= 0.6 is 11.8 Å². The van der Waals surface area contributed by atoms with E-state index in [4.69, 9.17) is 4.74 Å². The van der Waals surface area contributed by atoms with Crippen LogP contribution in [0.3, 0.4) is 0 Å². The number of hydrogen-bond acceptors (Lipinski definition) is 5. The first kappa shape index (κ1) is 21.3. The van der Waals surface area contributed by atoms with Crippen LogP contribution < -0.4 is 10.6 Å². The Bertz CT molecular complexity index is 687. The zero-order valence-electron chi connectivity index (χ0n) is 16.3. The van der Waals surface area contributed by atoms with E-state index in [0.717, 1.165) is 37.4 Å². The van der Waals surface area contributed by atoms with Crippen molar-refractivity contribution in [2.75, 3.05) is 43.9 Å². The zero-order chi connectivity index (χ0) is 19.6. The number of benzene rings is 1. The Kier molecular flexibility index (Phi) is 8.67. The van der Waals surface area contributed by atoms with Crippen molar-refractivity contribution in [3.63, 3.8) is 0 Å². The number of aryl methyl sites for hydroxylation is 1. The van der Waals surface area contributed by atoms with E-state index in [1.165, 1.54) is 0 Å². The minimum absolute atomic E-state index is 0.131. The SMILES string of the molecule is CCN(CC)CCCNC(=O)c1ccc(C)c(NC(=O)C2=CSCCO2)c1. The minimum atomic E-state index is -0.290. The van der Waals surface area contributed by atoms with Crippen LogP contribution in [0.4, 0.5) is 5.69 Å². The molecule has 0 atom stereocenters. The van der Waals surface area contributed by atoms with Gasteiger partial charge in [-0.15, -0.1) is 11.8 Å². The van der Waals surface area contributed by atoms with Gasteiger partial charge in [0.1, 0.15) is 0 Å². The second-order valence-corrected chi connectivity index (χ2v) is 7.30. The molecule has 2 N–H and O–H groups in total. The smallest absolute Gasteiger partial charge is 0.291 e. The topological polar surface area (TPSA) is 70.7 Å². The highest BCUT2D eigenvalue weighted by molar-refractivity contribution is 8.02. The predicted molar refractivity (Wildman–Crippen MR) is 111 cm³/mol. The molecule has 0 radical (unpaired) electrons. The van der Waals surface area contributed by atoms with Crippen LogP contribution in [0.1, 0.15) is 36.2 Å². The number of nitrogens with zero attached hydrogens (tertiary/aromatic N) is 1. The van der Waals surface area contributed by atoms with Gasteiger partial charge >= 0.3 is 0 Å². The number of ether oxygens (including phenoxy) is 1. The maximum atomic E-state index is 12.4. The first-order chi connectivity index (χ1) is 13.0. The Balaban J connectivity index is 1.92. The van der Waals surface area contributed by atoms with Crippen LogP contribution in [-0.2, 0) is 9.53 Å². The van der Waals surface area contributed by atoms with E-state index in [2.05, 4.69) is 29.4 Å². The first-order valence-electron chi connectivity index (χ1n) is 9.42. The maximum Gasteiger partial charge on any atom is 0.291 e. The normalized spacial score (nSPS) is 13.7. The van der Waals surface area contributed by atoms with Gasteiger partial charge in [-0.05, 0) is 50.7 Å². The van der Waals surface area contributed by atoms with Crippen molar-refractivity contribution in [3.05, 3.63) is 40.5 Å². The van der Waals surface area contributed by atoms with Crippen LogP contribution in [0, 0.1) is 6.92 Å². The van der Waals surface area contributed by atoms with Crippen LogP contribution in [-0.4, -0.2) is 55.3 Å². The molecular formula is C20H29N3O3S. The lowest BCUT2D eigenvalue weighted by Gasteiger charge is -2.18. The van der Waals surface area contributed by atoms with Crippen molar-refractivity contribution in [2.45, 2.75) is 27.2 Å². The Morgan fingerprint density at radius 2 is 2.00 bits per heavy atom. The van der Waals surface area contributed by atoms with Crippen molar-refractivity contribution in [3.8, 4) is 0 Å². The summed E-state index contributed by atoms with van der Waals surface area (Å²) < 4.78 is 5.38. The fourth-order valence-corrected chi connectivity index (χ4v) is 3.34. The second-order valence-electron chi connectivity index (χ2n) is 6.32. The average Bonchev–Trinajstić information content (AvgIpc) is 2.70. The van der Waals surface area contributed by atoms with Crippen molar-refractivity contribution >= 4 is 29.3 Å². The average molecular weight is 392 g/mol. The summed E-state index contributed by atoms with van der Waals surface area (Å²) in [6.07, 6.45) is 0.909. The fraction of sp³-hybridized carbons (Fsp3) is 0.500. The molecule has 0 aromatic heterocycles. The molecule has 148 valence electrons. The Morgan fingerprint density at radius 1 is 1.22 bits per heavy atom. The molecule has 1 aliphatic rings. The number of hydrogen-bond donors (Lipinski definition) is 2. The van der Waals surface area contributed by atoms with Gasteiger partial charge in [0.05, 0.1) is 6.61 Å². The van der Waals surface area contributed by atoms with Gasteiger partial charge in [0.25, 0.3) is 11.8 Å². The number of anilines is 1. The molecule has 0 saturated carbocycles. The number of carbonyl (C=O) groups excluding carboxylic acids is 2. The van der Waals surface area contributed by atoms with Gasteiger partial charge in [0.15, 0.2) is 5.76 Å². The summed E-state index contributed by atoms with van der Waals surface area (Å²) >= 11 is 1.56.